The number of hydrogen-bond acceptors (Lipinski definition) is 4. The van der Waals surface area contributed by atoms with Gasteiger partial charge in [0.25, 0.3) is 5.91 Å². The molecule has 0 spiro atoms. The molecular weight excluding hydrogens is 256 g/mol. The van der Waals surface area contributed by atoms with Crippen LogP contribution in [-0.4, -0.2) is 28.8 Å². The van der Waals surface area contributed by atoms with Crippen molar-refractivity contribution in [3.8, 4) is 5.75 Å². The SMILES string of the molecule is Cc1c(C(=O)Nc2cccc(OCCN)c2)cnn1C. The van der Waals surface area contributed by atoms with Crippen molar-refractivity contribution in [1.82, 2.24) is 9.78 Å². The number of nitrogens with zero attached hydrogens (tertiary/aromatic N) is 2. The van der Waals surface area contributed by atoms with Gasteiger partial charge in [-0.1, -0.05) is 6.07 Å². The number of hydrogen-bond donors (Lipinski definition) is 2. The topological polar surface area (TPSA) is 82.2 Å². The molecule has 0 atom stereocenters. The summed E-state index contributed by atoms with van der Waals surface area (Å²) in [5.74, 6) is 0.489. The average molecular weight is 274 g/mol. The number of anilines is 1. The first-order valence-corrected chi connectivity index (χ1v) is 6.34. The summed E-state index contributed by atoms with van der Waals surface area (Å²) < 4.78 is 7.08. The third-order valence-corrected chi connectivity index (χ3v) is 2.96. The van der Waals surface area contributed by atoms with Crippen LogP contribution in [0.3, 0.4) is 0 Å². The van der Waals surface area contributed by atoms with Crippen LogP contribution in [0.1, 0.15) is 16.1 Å². The van der Waals surface area contributed by atoms with Crippen LogP contribution in [0.25, 0.3) is 0 Å². The van der Waals surface area contributed by atoms with E-state index in [0.29, 0.717) is 30.2 Å². The lowest BCUT2D eigenvalue weighted by molar-refractivity contribution is 0.102. The van der Waals surface area contributed by atoms with Crippen molar-refractivity contribution < 1.29 is 9.53 Å². The summed E-state index contributed by atoms with van der Waals surface area (Å²) in [6.45, 7) is 2.74. The zero-order valence-corrected chi connectivity index (χ0v) is 11.6. The number of carbonyl (C=O) groups excluding carboxylic acids is 1. The third kappa shape index (κ3) is 3.16. The van der Waals surface area contributed by atoms with Crippen molar-refractivity contribution in [2.45, 2.75) is 6.92 Å². The molecule has 6 heteroatoms. The zero-order valence-electron chi connectivity index (χ0n) is 11.6. The predicted molar refractivity (Wildman–Crippen MR) is 76.9 cm³/mol. The van der Waals surface area contributed by atoms with Gasteiger partial charge in [0.1, 0.15) is 12.4 Å². The van der Waals surface area contributed by atoms with Crippen molar-refractivity contribution in [2.24, 2.45) is 12.8 Å². The number of ether oxygens (including phenoxy) is 1. The predicted octanol–water partition coefficient (Wildman–Crippen LogP) is 1.32. The van der Waals surface area contributed by atoms with E-state index < -0.39 is 0 Å². The molecule has 0 bridgehead atoms. The number of amides is 1. The fourth-order valence-electron chi connectivity index (χ4n) is 1.76. The van der Waals surface area contributed by atoms with Crippen LogP contribution < -0.4 is 15.8 Å². The normalized spacial score (nSPS) is 10.3. The lowest BCUT2D eigenvalue weighted by Gasteiger charge is -2.08. The van der Waals surface area contributed by atoms with Gasteiger partial charge in [-0.25, -0.2) is 0 Å². The Hall–Kier alpha value is -2.34. The second kappa shape index (κ2) is 6.21. The van der Waals surface area contributed by atoms with E-state index in [9.17, 15) is 4.79 Å². The molecule has 0 saturated heterocycles. The molecule has 1 amide bonds. The maximum atomic E-state index is 12.1. The highest BCUT2D eigenvalue weighted by Crippen LogP contribution is 2.18. The molecule has 0 aliphatic heterocycles. The van der Waals surface area contributed by atoms with Gasteiger partial charge >= 0.3 is 0 Å². The smallest absolute Gasteiger partial charge is 0.259 e. The highest BCUT2D eigenvalue weighted by atomic mass is 16.5. The van der Waals surface area contributed by atoms with Gasteiger partial charge in [0.05, 0.1) is 11.8 Å². The third-order valence-electron chi connectivity index (χ3n) is 2.96. The average Bonchev–Trinajstić information content (AvgIpc) is 2.77. The Bertz CT molecular complexity index is 607. The second-order valence-electron chi connectivity index (χ2n) is 4.39. The summed E-state index contributed by atoms with van der Waals surface area (Å²) in [7, 11) is 1.80. The van der Waals surface area contributed by atoms with Crippen LogP contribution in [0.4, 0.5) is 5.69 Å². The van der Waals surface area contributed by atoms with Crippen molar-refractivity contribution >= 4 is 11.6 Å². The molecule has 0 fully saturated rings. The minimum absolute atomic E-state index is 0.188. The summed E-state index contributed by atoms with van der Waals surface area (Å²) in [6.07, 6.45) is 1.55. The van der Waals surface area contributed by atoms with E-state index in [1.807, 2.05) is 19.1 Å². The Labute approximate surface area is 117 Å². The maximum Gasteiger partial charge on any atom is 0.259 e. The van der Waals surface area contributed by atoms with Gasteiger partial charge in [-0.3, -0.25) is 9.48 Å². The molecule has 1 heterocycles. The number of nitrogens with one attached hydrogen (secondary N) is 1. The van der Waals surface area contributed by atoms with Crippen molar-refractivity contribution in [3.05, 3.63) is 41.7 Å². The van der Waals surface area contributed by atoms with Crippen LogP contribution in [-0.2, 0) is 7.05 Å². The summed E-state index contributed by atoms with van der Waals surface area (Å²) >= 11 is 0. The first-order valence-electron chi connectivity index (χ1n) is 6.34. The Balaban J connectivity index is 2.09. The molecular formula is C14H18N4O2. The second-order valence-corrected chi connectivity index (χ2v) is 4.39. The molecule has 1 aromatic heterocycles. The fraction of sp³-hybridized carbons (Fsp3) is 0.286. The van der Waals surface area contributed by atoms with Crippen molar-refractivity contribution in [3.63, 3.8) is 0 Å². The molecule has 0 radical (unpaired) electrons. The van der Waals surface area contributed by atoms with Gasteiger partial charge in [0.15, 0.2) is 0 Å². The summed E-state index contributed by atoms with van der Waals surface area (Å²) in [6, 6.07) is 7.20. The van der Waals surface area contributed by atoms with E-state index >= 15 is 0 Å². The molecule has 2 rings (SSSR count). The molecule has 6 nitrogen and oxygen atoms in total. The van der Waals surface area contributed by atoms with Gasteiger partial charge in [-0.05, 0) is 19.1 Å². The van der Waals surface area contributed by atoms with E-state index in [-0.39, 0.29) is 5.91 Å². The molecule has 106 valence electrons. The summed E-state index contributed by atoms with van der Waals surface area (Å²) in [5, 5.41) is 6.88. The van der Waals surface area contributed by atoms with Crippen molar-refractivity contribution in [2.75, 3.05) is 18.5 Å². The Morgan fingerprint density at radius 3 is 2.95 bits per heavy atom. The monoisotopic (exact) mass is 274 g/mol. The van der Waals surface area contributed by atoms with Crippen LogP contribution >= 0.6 is 0 Å². The molecule has 1 aromatic carbocycles. The molecule has 20 heavy (non-hydrogen) atoms. The first-order chi connectivity index (χ1) is 9.61. The number of benzene rings is 1. The van der Waals surface area contributed by atoms with Crippen LogP contribution in [0.15, 0.2) is 30.5 Å². The summed E-state index contributed by atoms with van der Waals surface area (Å²) in [5.41, 5.74) is 7.43. The maximum absolute atomic E-state index is 12.1. The minimum Gasteiger partial charge on any atom is -0.492 e. The molecule has 0 saturated carbocycles. The van der Waals surface area contributed by atoms with Crippen LogP contribution in [0.5, 0.6) is 5.75 Å². The van der Waals surface area contributed by atoms with Gasteiger partial charge in [0, 0.05) is 31.0 Å². The molecule has 0 aliphatic carbocycles. The van der Waals surface area contributed by atoms with Crippen LogP contribution in [0.2, 0.25) is 0 Å². The van der Waals surface area contributed by atoms with Gasteiger partial charge in [-0.2, -0.15) is 5.10 Å². The van der Waals surface area contributed by atoms with Gasteiger partial charge in [-0.15, -0.1) is 0 Å². The van der Waals surface area contributed by atoms with E-state index in [1.54, 1.807) is 30.1 Å². The Morgan fingerprint density at radius 1 is 1.50 bits per heavy atom. The first kappa shape index (κ1) is 14.1. The van der Waals surface area contributed by atoms with E-state index in [0.717, 1.165) is 5.69 Å². The quantitative estimate of drug-likeness (QED) is 0.861. The Morgan fingerprint density at radius 2 is 2.30 bits per heavy atom. The molecule has 0 unspecified atom stereocenters. The molecule has 0 aliphatic rings. The lowest BCUT2D eigenvalue weighted by atomic mass is 10.2. The van der Waals surface area contributed by atoms with E-state index in [4.69, 9.17) is 10.5 Å². The lowest BCUT2D eigenvalue weighted by Crippen LogP contribution is -2.13. The van der Waals surface area contributed by atoms with Crippen LogP contribution in [0, 0.1) is 6.92 Å². The van der Waals surface area contributed by atoms with Gasteiger partial charge < -0.3 is 15.8 Å². The number of aryl methyl sites for hydroxylation is 1. The minimum atomic E-state index is -0.188. The number of aromatic nitrogens is 2. The van der Waals surface area contributed by atoms with E-state index in [1.165, 1.54) is 0 Å². The highest BCUT2D eigenvalue weighted by molar-refractivity contribution is 6.04. The highest BCUT2D eigenvalue weighted by Gasteiger charge is 2.13. The number of nitrogens with two attached hydrogens (primary N) is 1. The van der Waals surface area contributed by atoms with Crippen molar-refractivity contribution in [1.29, 1.82) is 0 Å². The van der Waals surface area contributed by atoms with E-state index in [2.05, 4.69) is 10.4 Å². The molecule has 3 N–H and O–H groups in total. The summed E-state index contributed by atoms with van der Waals surface area (Å²) in [4.78, 5) is 12.1. The molecule has 2 aromatic rings. The Kier molecular flexibility index (Phi) is 4.37. The standard InChI is InChI=1S/C14H18N4O2/c1-10-13(9-16-18(10)2)14(19)17-11-4-3-5-12(8-11)20-7-6-15/h3-5,8-9H,6-7,15H2,1-2H3,(H,17,19). The zero-order chi connectivity index (χ0) is 14.5. The largest absolute Gasteiger partial charge is 0.492 e. The van der Waals surface area contributed by atoms with Gasteiger partial charge in [0.2, 0.25) is 0 Å². The number of carbonyl (C=O) groups is 1. The number of rotatable bonds is 5. The fourth-order valence-corrected chi connectivity index (χ4v) is 1.76.